The summed E-state index contributed by atoms with van der Waals surface area (Å²) in [5.41, 5.74) is 0.564. The Hall–Kier alpha value is -1.20. The minimum Gasteiger partial charge on any atom is -0.365 e. The molecule has 0 bridgehead atoms. The maximum absolute atomic E-state index is 13.4. The Morgan fingerprint density at radius 2 is 2.06 bits per heavy atom. The van der Waals surface area contributed by atoms with Crippen molar-refractivity contribution in [2.45, 2.75) is 6.54 Å². The molecule has 1 N–H and O–H groups in total. The predicted molar refractivity (Wildman–Crippen MR) is 68.5 cm³/mol. The molecule has 1 aromatic heterocycles. The monoisotopic (exact) mass is 315 g/mol. The van der Waals surface area contributed by atoms with Crippen LogP contribution in [0.2, 0.25) is 5.15 Å². The van der Waals surface area contributed by atoms with Crippen LogP contribution in [-0.2, 0) is 6.54 Å². The number of rotatable bonds is 3. The Balaban J connectivity index is 2.13. The molecule has 6 heteroatoms. The SMILES string of the molecule is Fc1ccccc1CNc1ncnc(Cl)c1Br. The molecule has 0 radical (unpaired) electrons. The first-order chi connectivity index (χ1) is 8.18. The van der Waals surface area contributed by atoms with E-state index in [4.69, 9.17) is 11.6 Å². The summed E-state index contributed by atoms with van der Waals surface area (Å²) in [6.07, 6.45) is 1.34. The number of aromatic nitrogens is 2. The summed E-state index contributed by atoms with van der Waals surface area (Å²) in [6.45, 7) is 0.332. The lowest BCUT2D eigenvalue weighted by Crippen LogP contribution is -2.04. The fourth-order valence-corrected chi connectivity index (χ4v) is 1.77. The normalized spacial score (nSPS) is 10.3. The first kappa shape index (κ1) is 12.3. The van der Waals surface area contributed by atoms with Gasteiger partial charge in [-0.25, -0.2) is 14.4 Å². The van der Waals surface area contributed by atoms with Crippen LogP contribution in [0.25, 0.3) is 0 Å². The van der Waals surface area contributed by atoms with Crippen molar-refractivity contribution >= 4 is 33.3 Å². The summed E-state index contributed by atoms with van der Waals surface area (Å²) in [5, 5.41) is 3.30. The van der Waals surface area contributed by atoms with Crippen LogP contribution >= 0.6 is 27.5 Å². The van der Waals surface area contributed by atoms with E-state index in [0.29, 0.717) is 27.6 Å². The number of hydrogen-bond acceptors (Lipinski definition) is 3. The van der Waals surface area contributed by atoms with Gasteiger partial charge in [0.1, 0.15) is 23.1 Å². The first-order valence-electron chi connectivity index (χ1n) is 4.82. The highest BCUT2D eigenvalue weighted by atomic mass is 79.9. The summed E-state index contributed by atoms with van der Waals surface area (Å²) in [4.78, 5) is 7.81. The van der Waals surface area contributed by atoms with E-state index in [0.717, 1.165) is 0 Å². The van der Waals surface area contributed by atoms with Crippen molar-refractivity contribution in [3.8, 4) is 0 Å². The van der Waals surface area contributed by atoms with E-state index in [1.54, 1.807) is 18.2 Å². The molecule has 0 saturated heterocycles. The molecule has 0 fully saturated rings. The standard InChI is InChI=1S/C11H8BrClFN3/c12-9-10(13)16-6-17-11(9)15-5-7-3-1-2-4-8(7)14/h1-4,6H,5H2,(H,15,16,17). The van der Waals surface area contributed by atoms with Gasteiger partial charge < -0.3 is 5.32 Å². The second-order valence-electron chi connectivity index (χ2n) is 3.27. The van der Waals surface area contributed by atoms with Crippen LogP contribution in [0.1, 0.15) is 5.56 Å². The van der Waals surface area contributed by atoms with Gasteiger partial charge >= 0.3 is 0 Å². The predicted octanol–water partition coefficient (Wildman–Crippen LogP) is 3.64. The molecule has 0 atom stereocenters. The molecular formula is C11H8BrClFN3. The van der Waals surface area contributed by atoms with Gasteiger partial charge in [0.25, 0.3) is 0 Å². The summed E-state index contributed by atoms with van der Waals surface area (Å²) >= 11 is 9.07. The van der Waals surface area contributed by atoms with Crippen LogP contribution in [0.5, 0.6) is 0 Å². The Bertz CT molecular complexity index is 536. The summed E-state index contributed by atoms with van der Waals surface area (Å²) in [6, 6.07) is 6.55. The lowest BCUT2D eigenvalue weighted by atomic mass is 10.2. The number of nitrogens with one attached hydrogen (secondary N) is 1. The van der Waals surface area contributed by atoms with Crippen molar-refractivity contribution in [1.82, 2.24) is 9.97 Å². The Kier molecular flexibility index (Phi) is 3.91. The van der Waals surface area contributed by atoms with Gasteiger partial charge in [0.05, 0.1) is 4.47 Å². The molecule has 0 spiro atoms. The molecule has 0 unspecified atom stereocenters. The van der Waals surface area contributed by atoms with E-state index >= 15 is 0 Å². The van der Waals surface area contributed by atoms with Gasteiger partial charge in [-0.15, -0.1) is 0 Å². The minimum atomic E-state index is -0.253. The van der Waals surface area contributed by atoms with Crippen molar-refractivity contribution in [3.05, 3.63) is 51.6 Å². The minimum absolute atomic E-state index is 0.253. The Morgan fingerprint density at radius 3 is 2.82 bits per heavy atom. The van der Waals surface area contributed by atoms with Crippen LogP contribution in [-0.4, -0.2) is 9.97 Å². The summed E-state index contributed by atoms with van der Waals surface area (Å²) < 4.78 is 13.9. The van der Waals surface area contributed by atoms with Crippen molar-refractivity contribution in [1.29, 1.82) is 0 Å². The van der Waals surface area contributed by atoms with E-state index in [9.17, 15) is 4.39 Å². The highest BCUT2D eigenvalue weighted by molar-refractivity contribution is 9.10. The second-order valence-corrected chi connectivity index (χ2v) is 4.42. The van der Waals surface area contributed by atoms with Crippen molar-refractivity contribution < 1.29 is 4.39 Å². The third-order valence-corrected chi connectivity index (χ3v) is 3.42. The third kappa shape index (κ3) is 2.92. The maximum Gasteiger partial charge on any atom is 0.148 e. The van der Waals surface area contributed by atoms with Crippen LogP contribution in [0.3, 0.4) is 0 Å². The van der Waals surface area contributed by atoms with Crippen LogP contribution in [0.4, 0.5) is 10.2 Å². The zero-order valence-corrected chi connectivity index (χ0v) is 11.0. The molecule has 2 rings (SSSR count). The van der Waals surface area contributed by atoms with Crippen molar-refractivity contribution in [2.24, 2.45) is 0 Å². The molecule has 17 heavy (non-hydrogen) atoms. The Morgan fingerprint density at radius 1 is 1.29 bits per heavy atom. The number of halogens is 3. The van der Waals surface area contributed by atoms with Gasteiger partial charge in [0.15, 0.2) is 0 Å². The van der Waals surface area contributed by atoms with Gasteiger partial charge in [0.2, 0.25) is 0 Å². The van der Waals surface area contributed by atoms with Gasteiger partial charge in [-0.2, -0.15) is 0 Å². The molecule has 0 aliphatic rings. The molecule has 88 valence electrons. The highest BCUT2D eigenvalue weighted by Gasteiger charge is 2.07. The van der Waals surface area contributed by atoms with Crippen molar-refractivity contribution in [3.63, 3.8) is 0 Å². The number of benzene rings is 1. The summed E-state index contributed by atoms with van der Waals surface area (Å²) in [5.74, 6) is 0.282. The van der Waals surface area contributed by atoms with E-state index in [1.165, 1.54) is 12.4 Å². The van der Waals surface area contributed by atoms with Gasteiger partial charge in [0, 0.05) is 12.1 Å². The first-order valence-corrected chi connectivity index (χ1v) is 5.99. The average molecular weight is 317 g/mol. The summed E-state index contributed by atoms with van der Waals surface area (Å²) in [7, 11) is 0. The van der Waals surface area contributed by atoms with Crippen molar-refractivity contribution in [2.75, 3.05) is 5.32 Å². The number of anilines is 1. The van der Waals surface area contributed by atoms with Gasteiger partial charge in [-0.1, -0.05) is 29.8 Å². The largest absolute Gasteiger partial charge is 0.365 e. The molecule has 3 nitrogen and oxygen atoms in total. The van der Waals surface area contributed by atoms with Gasteiger partial charge in [-0.3, -0.25) is 0 Å². The highest BCUT2D eigenvalue weighted by Crippen LogP contribution is 2.26. The fraction of sp³-hybridized carbons (Fsp3) is 0.0909. The number of nitrogens with zero attached hydrogens (tertiary/aromatic N) is 2. The molecule has 0 amide bonds. The van der Waals surface area contributed by atoms with E-state index in [-0.39, 0.29) is 5.82 Å². The van der Waals surface area contributed by atoms with E-state index < -0.39 is 0 Å². The molecule has 1 aromatic carbocycles. The average Bonchev–Trinajstić information content (AvgIpc) is 2.33. The molecule has 2 aromatic rings. The maximum atomic E-state index is 13.4. The third-order valence-electron chi connectivity index (χ3n) is 2.15. The zero-order chi connectivity index (χ0) is 12.3. The topological polar surface area (TPSA) is 37.8 Å². The van der Waals surface area contributed by atoms with Gasteiger partial charge in [-0.05, 0) is 22.0 Å². The molecule has 0 saturated carbocycles. The number of hydrogen-bond donors (Lipinski definition) is 1. The smallest absolute Gasteiger partial charge is 0.148 e. The molecular weight excluding hydrogens is 308 g/mol. The quantitative estimate of drug-likeness (QED) is 0.879. The van der Waals surface area contributed by atoms with E-state index in [2.05, 4.69) is 31.2 Å². The van der Waals surface area contributed by atoms with Crippen LogP contribution in [0, 0.1) is 5.82 Å². The van der Waals surface area contributed by atoms with Crippen LogP contribution in [0.15, 0.2) is 35.1 Å². The molecule has 0 aliphatic heterocycles. The lowest BCUT2D eigenvalue weighted by molar-refractivity contribution is 0.613. The molecule has 1 heterocycles. The fourth-order valence-electron chi connectivity index (χ4n) is 1.29. The second kappa shape index (κ2) is 5.42. The zero-order valence-electron chi connectivity index (χ0n) is 8.62. The Labute approximate surface area is 111 Å². The molecule has 0 aliphatic carbocycles. The lowest BCUT2D eigenvalue weighted by Gasteiger charge is -2.08. The van der Waals surface area contributed by atoms with Crippen LogP contribution < -0.4 is 5.32 Å². The van der Waals surface area contributed by atoms with E-state index in [1.807, 2.05) is 0 Å².